The van der Waals surface area contributed by atoms with E-state index in [0.717, 1.165) is 11.3 Å². The van der Waals surface area contributed by atoms with E-state index in [1.54, 1.807) is 6.26 Å². The summed E-state index contributed by atoms with van der Waals surface area (Å²) in [7, 11) is -4.00. The highest BCUT2D eigenvalue weighted by Gasteiger charge is 2.30. The summed E-state index contributed by atoms with van der Waals surface area (Å²) >= 11 is 9.64. The predicted molar refractivity (Wildman–Crippen MR) is 107 cm³/mol. The number of rotatable bonds is 5. The Labute approximate surface area is 173 Å². The van der Waals surface area contributed by atoms with Gasteiger partial charge in [0.1, 0.15) is 11.1 Å². The van der Waals surface area contributed by atoms with Crippen molar-refractivity contribution in [1.82, 2.24) is 20.2 Å². The van der Waals surface area contributed by atoms with E-state index < -0.39 is 9.84 Å². The Hall–Kier alpha value is -1.45. The van der Waals surface area contributed by atoms with Gasteiger partial charge in [-0.05, 0) is 18.4 Å². The SMILES string of the molecule is CSc1nnc(S(=O)(=O)c2nc3cc(Cl)c(C#N)cc3nc2SC(C)C)s1. The Kier molecular flexibility index (Phi) is 5.93. The predicted octanol–water partition coefficient (Wildman–Crippen LogP) is 4.06. The van der Waals surface area contributed by atoms with Crippen LogP contribution in [0.15, 0.2) is 30.9 Å². The third-order valence-corrected chi connectivity index (χ3v) is 8.56. The molecule has 0 saturated carbocycles. The maximum atomic E-state index is 13.1. The molecule has 2 heterocycles. The van der Waals surface area contributed by atoms with E-state index >= 15 is 0 Å². The van der Waals surface area contributed by atoms with Gasteiger partial charge in [0.2, 0.25) is 4.34 Å². The van der Waals surface area contributed by atoms with E-state index in [0.29, 0.717) is 15.4 Å². The molecule has 0 amide bonds. The first-order chi connectivity index (χ1) is 12.8. The zero-order valence-electron chi connectivity index (χ0n) is 14.3. The van der Waals surface area contributed by atoms with Gasteiger partial charge in [0.15, 0.2) is 9.37 Å². The van der Waals surface area contributed by atoms with Crippen molar-refractivity contribution in [1.29, 1.82) is 5.26 Å². The molecule has 0 fully saturated rings. The largest absolute Gasteiger partial charge is 0.255 e. The molecule has 0 aliphatic carbocycles. The Bertz CT molecular complexity index is 1170. The van der Waals surface area contributed by atoms with Crippen molar-refractivity contribution in [2.45, 2.75) is 37.8 Å². The minimum atomic E-state index is -4.00. The molecule has 140 valence electrons. The van der Waals surface area contributed by atoms with Crippen LogP contribution in [0.3, 0.4) is 0 Å². The molecule has 0 aliphatic heterocycles. The van der Waals surface area contributed by atoms with Crippen LogP contribution >= 0.6 is 46.5 Å². The molecule has 0 spiro atoms. The summed E-state index contributed by atoms with van der Waals surface area (Å²) in [6.07, 6.45) is 1.79. The van der Waals surface area contributed by atoms with Gasteiger partial charge in [-0.2, -0.15) is 5.26 Å². The van der Waals surface area contributed by atoms with E-state index in [1.165, 1.54) is 35.7 Å². The summed E-state index contributed by atoms with van der Waals surface area (Å²) in [4.78, 5) is 8.76. The van der Waals surface area contributed by atoms with Crippen molar-refractivity contribution >= 4 is 67.3 Å². The van der Waals surface area contributed by atoms with Gasteiger partial charge in [-0.3, -0.25) is 0 Å². The fourth-order valence-corrected chi connectivity index (χ4v) is 6.38. The van der Waals surface area contributed by atoms with Gasteiger partial charge in [-0.15, -0.1) is 22.0 Å². The van der Waals surface area contributed by atoms with Crippen molar-refractivity contribution in [3.8, 4) is 6.07 Å². The van der Waals surface area contributed by atoms with Crippen molar-refractivity contribution < 1.29 is 8.42 Å². The number of hydrogen-bond donors (Lipinski definition) is 0. The lowest BCUT2D eigenvalue weighted by atomic mass is 10.2. The van der Waals surface area contributed by atoms with Crippen molar-refractivity contribution in [2.24, 2.45) is 0 Å². The highest BCUT2D eigenvalue weighted by molar-refractivity contribution is 8.01. The monoisotopic (exact) mass is 457 g/mol. The fraction of sp³-hybridized carbons (Fsp3) is 0.267. The van der Waals surface area contributed by atoms with Crippen LogP contribution < -0.4 is 0 Å². The van der Waals surface area contributed by atoms with Crippen LogP contribution in [0, 0.1) is 11.3 Å². The number of nitrogens with zero attached hydrogens (tertiary/aromatic N) is 5. The zero-order chi connectivity index (χ0) is 19.8. The first kappa shape index (κ1) is 20.3. The number of aromatic nitrogens is 4. The normalized spacial score (nSPS) is 11.9. The number of halogens is 1. The molecule has 12 heteroatoms. The molecule has 2 aromatic heterocycles. The molecule has 27 heavy (non-hydrogen) atoms. The molecular formula is C15H12ClN5O2S4. The van der Waals surface area contributed by atoms with Gasteiger partial charge in [-0.1, -0.05) is 48.5 Å². The van der Waals surface area contributed by atoms with E-state index in [9.17, 15) is 8.42 Å². The van der Waals surface area contributed by atoms with Crippen molar-refractivity contribution in [3.63, 3.8) is 0 Å². The average molecular weight is 458 g/mol. The lowest BCUT2D eigenvalue weighted by molar-refractivity contribution is 0.586. The zero-order valence-corrected chi connectivity index (χ0v) is 18.3. The molecule has 0 N–H and O–H groups in total. The highest BCUT2D eigenvalue weighted by Crippen LogP contribution is 2.35. The quantitative estimate of drug-likeness (QED) is 0.523. The third-order valence-electron chi connectivity index (χ3n) is 3.21. The number of benzene rings is 1. The Morgan fingerprint density at radius 1 is 1.22 bits per heavy atom. The van der Waals surface area contributed by atoms with Crippen LogP contribution in [-0.2, 0) is 9.84 Å². The summed E-state index contributed by atoms with van der Waals surface area (Å²) in [5.41, 5.74) is 0.948. The van der Waals surface area contributed by atoms with Gasteiger partial charge in [0, 0.05) is 5.25 Å². The second-order valence-electron chi connectivity index (χ2n) is 5.47. The van der Waals surface area contributed by atoms with E-state index in [4.69, 9.17) is 16.9 Å². The molecule has 3 rings (SSSR count). The number of nitriles is 1. The maximum absolute atomic E-state index is 13.1. The smallest absolute Gasteiger partial charge is 0.237 e. The Balaban J connectivity index is 2.27. The van der Waals surface area contributed by atoms with Gasteiger partial charge in [0.05, 0.1) is 21.6 Å². The number of thioether (sulfide) groups is 2. The summed E-state index contributed by atoms with van der Waals surface area (Å²) in [5, 5.41) is 17.1. The third kappa shape index (κ3) is 4.05. The molecule has 7 nitrogen and oxygen atoms in total. The minimum Gasteiger partial charge on any atom is -0.237 e. The maximum Gasteiger partial charge on any atom is 0.255 e. The number of fused-ring (bicyclic) bond motifs is 1. The summed E-state index contributed by atoms with van der Waals surface area (Å²) in [6, 6.07) is 4.93. The van der Waals surface area contributed by atoms with E-state index in [-0.39, 0.29) is 30.2 Å². The van der Waals surface area contributed by atoms with Crippen LogP contribution in [0.2, 0.25) is 5.02 Å². The second kappa shape index (κ2) is 7.89. The molecule has 0 radical (unpaired) electrons. The van der Waals surface area contributed by atoms with Gasteiger partial charge < -0.3 is 0 Å². The lowest BCUT2D eigenvalue weighted by Crippen LogP contribution is -2.09. The Morgan fingerprint density at radius 3 is 2.52 bits per heavy atom. The van der Waals surface area contributed by atoms with Crippen molar-refractivity contribution in [3.05, 3.63) is 22.7 Å². The molecule has 0 unspecified atom stereocenters. The van der Waals surface area contributed by atoms with Gasteiger partial charge >= 0.3 is 0 Å². The number of hydrogen-bond acceptors (Lipinski definition) is 10. The van der Waals surface area contributed by atoms with Crippen molar-refractivity contribution in [2.75, 3.05) is 6.26 Å². The van der Waals surface area contributed by atoms with Crippen LogP contribution in [0.25, 0.3) is 11.0 Å². The molecule has 0 saturated heterocycles. The standard InChI is InChI=1S/C15H12ClN5O2S4/c1-7(2)25-12-13(27(22,23)15-21-20-14(24-3)26-15)19-11-5-9(16)8(6-17)4-10(11)18-12/h4-5,7H,1-3H3. The van der Waals surface area contributed by atoms with Crippen LogP contribution in [0.5, 0.6) is 0 Å². The van der Waals surface area contributed by atoms with E-state index in [2.05, 4.69) is 20.2 Å². The molecule has 1 aromatic carbocycles. The van der Waals surface area contributed by atoms with Crippen LogP contribution in [-0.4, -0.2) is 40.1 Å². The van der Waals surface area contributed by atoms with Gasteiger partial charge in [-0.25, -0.2) is 18.4 Å². The molecular weight excluding hydrogens is 446 g/mol. The Morgan fingerprint density at radius 2 is 1.93 bits per heavy atom. The molecule has 0 atom stereocenters. The average Bonchev–Trinajstić information content (AvgIpc) is 3.10. The summed E-state index contributed by atoms with van der Waals surface area (Å²) < 4.78 is 26.6. The molecule has 0 bridgehead atoms. The minimum absolute atomic E-state index is 0.0737. The summed E-state index contributed by atoms with van der Waals surface area (Å²) in [5.74, 6) is 0. The topological polar surface area (TPSA) is 109 Å². The lowest BCUT2D eigenvalue weighted by Gasteiger charge is -2.11. The van der Waals surface area contributed by atoms with Crippen LogP contribution in [0.4, 0.5) is 0 Å². The van der Waals surface area contributed by atoms with Gasteiger partial charge in [0.25, 0.3) is 9.84 Å². The number of sulfone groups is 1. The van der Waals surface area contributed by atoms with E-state index in [1.807, 2.05) is 19.9 Å². The first-order valence-electron chi connectivity index (χ1n) is 7.47. The molecule has 3 aromatic rings. The first-order valence-corrected chi connectivity index (χ1v) is 12.2. The summed E-state index contributed by atoms with van der Waals surface area (Å²) in [6.45, 7) is 3.85. The molecule has 0 aliphatic rings. The highest BCUT2D eigenvalue weighted by atomic mass is 35.5. The second-order valence-corrected chi connectivity index (χ2v) is 11.5. The van der Waals surface area contributed by atoms with Crippen LogP contribution in [0.1, 0.15) is 19.4 Å². The fourth-order valence-electron chi connectivity index (χ4n) is 2.08.